The van der Waals surface area contributed by atoms with E-state index < -0.39 is 0 Å². The summed E-state index contributed by atoms with van der Waals surface area (Å²) in [6.07, 6.45) is 2.24. The average Bonchev–Trinajstić information content (AvgIpc) is 2.52. The first-order chi connectivity index (χ1) is 10.7. The van der Waals surface area contributed by atoms with Crippen molar-refractivity contribution in [2.75, 3.05) is 32.0 Å². The molecule has 2 saturated heterocycles. The van der Waals surface area contributed by atoms with Gasteiger partial charge in [0, 0.05) is 11.3 Å². The van der Waals surface area contributed by atoms with Gasteiger partial charge in [-0.1, -0.05) is 18.2 Å². The van der Waals surface area contributed by atoms with Gasteiger partial charge in [-0.3, -0.25) is 4.90 Å². The van der Waals surface area contributed by atoms with Gasteiger partial charge in [-0.25, -0.2) is 9.97 Å². The highest BCUT2D eigenvalue weighted by molar-refractivity contribution is 5.82. The maximum absolute atomic E-state index is 5.91. The molecule has 0 amide bonds. The predicted octanol–water partition coefficient (Wildman–Crippen LogP) is 2.18. The van der Waals surface area contributed by atoms with Gasteiger partial charge >= 0.3 is 0 Å². The van der Waals surface area contributed by atoms with E-state index >= 15 is 0 Å². The summed E-state index contributed by atoms with van der Waals surface area (Å²) in [7, 11) is 0. The maximum Gasteiger partial charge on any atom is 0.220 e. The van der Waals surface area contributed by atoms with E-state index in [4.69, 9.17) is 10.5 Å². The van der Waals surface area contributed by atoms with Crippen LogP contribution in [0.15, 0.2) is 24.3 Å². The van der Waals surface area contributed by atoms with Gasteiger partial charge in [0.1, 0.15) is 0 Å². The van der Waals surface area contributed by atoms with Gasteiger partial charge in [-0.15, -0.1) is 0 Å². The first-order valence-corrected chi connectivity index (χ1v) is 8.01. The second kappa shape index (κ2) is 5.18. The molecule has 2 aliphatic rings. The summed E-state index contributed by atoms with van der Waals surface area (Å²) in [5.74, 6) is 0.853. The van der Waals surface area contributed by atoms with Crippen LogP contribution in [-0.4, -0.2) is 46.7 Å². The monoisotopic (exact) mass is 298 g/mol. The number of nitrogens with two attached hydrogens (primary N) is 1. The molecular formula is C17H22N4O. The van der Waals surface area contributed by atoms with Gasteiger partial charge in [0.15, 0.2) is 0 Å². The van der Waals surface area contributed by atoms with Crippen LogP contribution in [0.2, 0.25) is 0 Å². The van der Waals surface area contributed by atoms with Crippen molar-refractivity contribution < 1.29 is 4.74 Å². The number of anilines is 1. The van der Waals surface area contributed by atoms with E-state index in [-0.39, 0.29) is 5.54 Å². The first-order valence-electron chi connectivity index (χ1n) is 8.01. The van der Waals surface area contributed by atoms with Gasteiger partial charge in [0.05, 0.1) is 30.0 Å². The summed E-state index contributed by atoms with van der Waals surface area (Å²) in [4.78, 5) is 11.5. The molecule has 0 bridgehead atoms. The third-order valence-electron chi connectivity index (χ3n) is 5.12. The summed E-state index contributed by atoms with van der Waals surface area (Å²) >= 11 is 0. The second-order valence-corrected chi connectivity index (χ2v) is 6.74. The van der Waals surface area contributed by atoms with Crippen LogP contribution in [0.5, 0.6) is 0 Å². The molecule has 1 aromatic heterocycles. The fraction of sp³-hybridized carbons (Fsp3) is 0.529. The summed E-state index contributed by atoms with van der Waals surface area (Å²) < 4.78 is 5.40. The van der Waals surface area contributed by atoms with Crippen molar-refractivity contribution in [2.24, 2.45) is 0 Å². The van der Waals surface area contributed by atoms with Crippen LogP contribution in [0, 0.1) is 0 Å². The molecule has 0 saturated carbocycles. The zero-order valence-electron chi connectivity index (χ0n) is 13.0. The molecule has 0 radical (unpaired) electrons. The highest BCUT2D eigenvalue weighted by Crippen LogP contribution is 2.35. The Bertz CT molecular complexity index is 690. The van der Waals surface area contributed by atoms with Crippen LogP contribution in [0.3, 0.4) is 0 Å². The van der Waals surface area contributed by atoms with E-state index in [0.29, 0.717) is 11.9 Å². The van der Waals surface area contributed by atoms with Gasteiger partial charge in [-0.2, -0.15) is 0 Å². The number of hydrogen-bond donors (Lipinski definition) is 1. The Morgan fingerprint density at radius 3 is 2.59 bits per heavy atom. The van der Waals surface area contributed by atoms with E-state index in [0.717, 1.165) is 55.7 Å². The smallest absolute Gasteiger partial charge is 0.220 e. The second-order valence-electron chi connectivity index (χ2n) is 6.74. The normalized spacial score (nSPS) is 22.6. The summed E-state index contributed by atoms with van der Waals surface area (Å²) in [5.41, 5.74) is 8.23. The first kappa shape index (κ1) is 13.9. The minimum atomic E-state index is 0.248. The van der Waals surface area contributed by atoms with Crippen molar-refractivity contribution in [2.45, 2.75) is 31.2 Å². The van der Waals surface area contributed by atoms with Crippen molar-refractivity contribution >= 4 is 16.9 Å². The molecule has 0 atom stereocenters. The number of fused-ring (bicyclic) bond motifs is 1. The van der Waals surface area contributed by atoms with Crippen molar-refractivity contribution in [3.63, 3.8) is 0 Å². The number of likely N-dealkylation sites (tertiary alicyclic amines) is 1. The molecule has 116 valence electrons. The molecule has 1 aromatic carbocycles. The quantitative estimate of drug-likeness (QED) is 0.920. The Kier molecular flexibility index (Phi) is 3.27. The largest absolute Gasteiger partial charge is 0.377 e. The lowest BCUT2D eigenvalue weighted by atomic mass is 9.87. The highest BCUT2D eigenvalue weighted by atomic mass is 16.5. The van der Waals surface area contributed by atoms with Gasteiger partial charge < -0.3 is 10.5 Å². The Morgan fingerprint density at radius 2 is 1.91 bits per heavy atom. The molecule has 3 heterocycles. The molecule has 4 rings (SSSR count). The van der Waals surface area contributed by atoms with Crippen LogP contribution in [0.4, 0.5) is 5.95 Å². The van der Waals surface area contributed by atoms with Crippen LogP contribution < -0.4 is 5.73 Å². The van der Waals surface area contributed by atoms with Gasteiger partial charge in [-0.05, 0) is 38.9 Å². The third kappa shape index (κ3) is 2.25. The summed E-state index contributed by atoms with van der Waals surface area (Å²) in [6, 6.07) is 8.17. The zero-order chi connectivity index (χ0) is 15.2. The van der Waals surface area contributed by atoms with Crippen LogP contribution in [0.1, 0.15) is 31.4 Å². The van der Waals surface area contributed by atoms with E-state index in [1.165, 1.54) is 0 Å². The highest BCUT2D eigenvalue weighted by Gasteiger charge is 2.41. The molecule has 5 heteroatoms. The lowest BCUT2D eigenvalue weighted by Gasteiger charge is -2.49. The molecule has 0 spiro atoms. The molecule has 2 aliphatic heterocycles. The fourth-order valence-corrected chi connectivity index (χ4v) is 3.70. The predicted molar refractivity (Wildman–Crippen MR) is 86.7 cm³/mol. The van der Waals surface area contributed by atoms with Crippen molar-refractivity contribution in [1.82, 2.24) is 14.9 Å². The fourth-order valence-electron chi connectivity index (χ4n) is 3.70. The van der Waals surface area contributed by atoms with E-state index in [1.807, 2.05) is 18.2 Å². The molecule has 22 heavy (non-hydrogen) atoms. The number of rotatable bonds is 2. The lowest BCUT2D eigenvalue weighted by Crippen LogP contribution is -2.61. The van der Waals surface area contributed by atoms with E-state index in [9.17, 15) is 0 Å². The number of para-hydroxylation sites is 1. The van der Waals surface area contributed by atoms with E-state index in [1.54, 1.807) is 0 Å². The third-order valence-corrected chi connectivity index (χ3v) is 5.12. The Balaban J connectivity index is 1.59. The molecule has 2 aromatic rings. The summed E-state index contributed by atoms with van der Waals surface area (Å²) in [5, 5.41) is 1.15. The number of hydrogen-bond acceptors (Lipinski definition) is 5. The number of nitrogen functional groups attached to an aromatic ring is 1. The lowest BCUT2D eigenvalue weighted by molar-refractivity contribution is -0.136. The topological polar surface area (TPSA) is 64.3 Å². The van der Waals surface area contributed by atoms with E-state index in [2.05, 4.69) is 27.9 Å². The Labute approximate surface area is 130 Å². The zero-order valence-corrected chi connectivity index (χ0v) is 13.0. The molecule has 2 N–H and O–H groups in total. The summed E-state index contributed by atoms with van der Waals surface area (Å²) in [6.45, 7) is 6.22. The van der Waals surface area contributed by atoms with Crippen molar-refractivity contribution in [3.05, 3.63) is 30.0 Å². The van der Waals surface area contributed by atoms with Gasteiger partial charge in [0.25, 0.3) is 0 Å². The number of piperidine rings is 1. The molecular weight excluding hydrogens is 276 g/mol. The molecule has 5 nitrogen and oxygen atoms in total. The van der Waals surface area contributed by atoms with Crippen LogP contribution in [-0.2, 0) is 4.74 Å². The van der Waals surface area contributed by atoms with Crippen molar-refractivity contribution in [3.8, 4) is 0 Å². The minimum Gasteiger partial charge on any atom is -0.377 e. The number of nitrogens with zero attached hydrogens (tertiary/aromatic N) is 3. The Hall–Kier alpha value is -1.72. The van der Waals surface area contributed by atoms with Crippen LogP contribution >= 0.6 is 0 Å². The SMILES string of the molecule is CC1(N2CCC(c3nc(N)nc4ccccc34)CC2)COC1. The average molecular weight is 298 g/mol. The minimum absolute atomic E-state index is 0.248. The van der Waals surface area contributed by atoms with Crippen molar-refractivity contribution in [1.29, 1.82) is 0 Å². The number of aromatic nitrogens is 2. The molecule has 0 aliphatic carbocycles. The van der Waals surface area contributed by atoms with Gasteiger partial charge in [0.2, 0.25) is 5.95 Å². The molecule has 2 fully saturated rings. The maximum atomic E-state index is 5.91. The standard InChI is InChI=1S/C17H22N4O/c1-17(10-22-11-17)21-8-6-12(7-9-21)15-13-4-2-3-5-14(13)19-16(18)20-15/h2-5,12H,6-11H2,1H3,(H2,18,19,20). The van der Waals surface area contributed by atoms with Crippen LogP contribution in [0.25, 0.3) is 10.9 Å². The number of ether oxygens (including phenoxy) is 1. The number of benzene rings is 1. The molecule has 0 unspecified atom stereocenters. The Morgan fingerprint density at radius 1 is 1.18 bits per heavy atom.